The van der Waals surface area contributed by atoms with Gasteiger partial charge in [0, 0.05) is 11.1 Å². The highest BCUT2D eigenvalue weighted by atomic mass is 16.1. The van der Waals surface area contributed by atoms with Crippen molar-refractivity contribution in [2.24, 2.45) is 0 Å². The molecule has 0 atom stereocenters. The van der Waals surface area contributed by atoms with Crippen molar-refractivity contribution in [3.63, 3.8) is 0 Å². The van der Waals surface area contributed by atoms with E-state index in [0.29, 0.717) is 22.2 Å². The molecule has 0 fully saturated rings. The molecule has 26 heavy (non-hydrogen) atoms. The smallest absolute Gasteiger partial charge is 0.211 e. The summed E-state index contributed by atoms with van der Waals surface area (Å²) in [6, 6.07) is 18.1. The first kappa shape index (κ1) is 14.8. The molecule has 2 aromatic carbocycles. The fourth-order valence-corrected chi connectivity index (χ4v) is 3.93. The predicted octanol–water partition coefficient (Wildman–Crippen LogP) is 4.07. The molecule has 1 aliphatic carbocycles. The SMILES string of the molecule is CC(=O)c1c2c(n3c1ccc1ccccc13)C(=O)c1ccccc1C2=O. The van der Waals surface area contributed by atoms with Crippen LogP contribution in [0.15, 0.2) is 60.7 Å². The lowest BCUT2D eigenvalue weighted by molar-refractivity contribution is 0.0967. The Hall–Kier alpha value is -3.53. The lowest BCUT2D eigenvalue weighted by Crippen LogP contribution is -2.22. The van der Waals surface area contributed by atoms with Crippen LogP contribution >= 0.6 is 0 Å². The number of rotatable bonds is 1. The van der Waals surface area contributed by atoms with Gasteiger partial charge in [-0.25, -0.2) is 0 Å². The molecule has 4 aromatic rings. The van der Waals surface area contributed by atoms with E-state index in [-0.39, 0.29) is 28.6 Å². The molecule has 0 saturated heterocycles. The van der Waals surface area contributed by atoms with Crippen LogP contribution in [0.5, 0.6) is 0 Å². The summed E-state index contributed by atoms with van der Waals surface area (Å²) in [7, 11) is 0. The lowest BCUT2D eigenvalue weighted by Gasteiger charge is -2.16. The number of Topliss-reactive ketones (excluding diaryl/α,β-unsaturated/α-hetero) is 1. The molecule has 0 radical (unpaired) electrons. The summed E-state index contributed by atoms with van der Waals surface area (Å²) >= 11 is 0. The molecule has 4 heteroatoms. The summed E-state index contributed by atoms with van der Waals surface area (Å²) in [5, 5.41) is 0.937. The summed E-state index contributed by atoms with van der Waals surface area (Å²) < 4.78 is 1.76. The van der Waals surface area contributed by atoms with Crippen LogP contribution in [0.3, 0.4) is 0 Å². The van der Waals surface area contributed by atoms with E-state index in [2.05, 4.69) is 0 Å². The highest BCUT2D eigenvalue weighted by molar-refractivity contribution is 6.32. The molecule has 0 unspecified atom stereocenters. The summed E-state index contributed by atoms with van der Waals surface area (Å²) in [4.78, 5) is 38.8. The second kappa shape index (κ2) is 4.99. The van der Waals surface area contributed by atoms with Crippen molar-refractivity contribution in [1.29, 1.82) is 0 Å². The van der Waals surface area contributed by atoms with Gasteiger partial charge in [0.05, 0.1) is 22.2 Å². The third kappa shape index (κ3) is 1.70. The van der Waals surface area contributed by atoms with E-state index >= 15 is 0 Å². The highest BCUT2D eigenvalue weighted by Crippen LogP contribution is 2.35. The minimum absolute atomic E-state index is 0.220. The fraction of sp³-hybridized carbons (Fsp3) is 0.0455. The topological polar surface area (TPSA) is 55.6 Å². The maximum atomic E-state index is 13.3. The maximum Gasteiger partial charge on any atom is 0.211 e. The molecule has 4 nitrogen and oxygen atoms in total. The van der Waals surface area contributed by atoms with E-state index in [9.17, 15) is 14.4 Å². The molecule has 0 aliphatic heterocycles. The number of hydrogen-bond donors (Lipinski definition) is 0. The van der Waals surface area contributed by atoms with Gasteiger partial charge < -0.3 is 4.40 Å². The van der Waals surface area contributed by atoms with E-state index < -0.39 is 0 Å². The highest BCUT2D eigenvalue weighted by Gasteiger charge is 2.37. The maximum absolute atomic E-state index is 13.3. The van der Waals surface area contributed by atoms with E-state index in [1.165, 1.54) is 6.92 Å². The number of fused-ring (bicyclic) bond motifs is 6. The molecular formula is C22H13NO3. The average Bonchev–Trinajstić information content (AvgIpc) is 3.02. The van der Waals surface area contributed by atoms with Crippen LogP contribution in [0.1, 0.15) is 49.3 Å². The van der Waals surface area contributed by atoms with Gasteiger partial charge in [0.1, 0.15) is 5.69 Å². The van der Waals surface area contributed by atoms with Gasteiger partial charge >= 0.3 is 0 Å². The third-order valence-corrected chi connectivity index (χ3v) is 5.02. The third-order valence-electron chi connectivity index (χ3n) is 5.02. The minimum Gasteiger partial charge on any atom is -0.305 e. The first-order valence-electron chi connectivity index (χ1n) is 8.35. The van der Waals surface area contributed by atoms with Crippen molar-refractivity contribution in [2.75, 3.05) is 0 Å². The number of para-hydroxylation sites is 1. The lowest BCUT2D eigenvalue weighted by atomic mass is 9.85. The molecule has 0 saturated carbocycles. The Bertz CT molecular complexity index is 1290. The van der Waals surface area contributed by atoms with E-state index in [1.807, 2.05) is 36.4 Å². The van der Waals surface area contributed by atoms with Crippen molar-refractivity contribution in [3.8, 4) is 0 Å². The molecule has 2 heterocycles. The second-order valence-electron chi connectivity index (χ2n) is 6.47. The van der Waals surface area contributed by atoms with Gasteiger partial charge in [-0.3, -0.25) is 14.4 Å². The Morgan fingerprint density at radius 1 is 0.769 bits per heavy atom. The number of carbonyl (C=O) groups is 3. The van der Waals surface area contributed by atoms with E-state index in [0.717, 1.165) is 10.9 Å². The van der Waals surface area contributed by atoms with Crippen molar-refractivity contribution in [1.82, 2.24) is 4.40 Å². The van der Waals surface area contributed by atoms with Gasteiger partial charge in [-0.1, -0.05) is 48.5 Å². The van der Waals surface area contributed by atoms with Gasteiger partial charge in [-0.15, -0.1) is 0 Å². The predicted molar refractivity (Wildman–Crippen MR) is 98.2 cm³/mol. The standard InChI is InChI=1S/C22H13NO3/c1-12(24)18-17-11-10-13-6-2-5-9-16(13)23(17)20-19(18)21(25)14-7-3-4-8-15(14)22(20)26/h2-11H,1H3. The number of carbonyl (C=O) groups excluding carboxylic acids is 3. The molecule has 0 N–H and O–H groups in total. The van der Waals surface area contributed by atoms with Crippen molar-refractivity contribution in [3.05, 3.63) is 88.6 Å². The van der Waals surface area contributed by atoms with Gasteiger partial charge in [-0.05, 0) is 24.4 Å². The summed E-state index contributed by atoms with van der Waals surface area (Å²) in [6.45, 7) is 1.43. The van der Waals surface area contributed by atoms with E-state index in [1.54, 1.807) is 28.7 Å². The Morgan fingerprint density at radius 2 is 1.42 bits per heavy atom. The number of ketones is 3. The van der Waals surface area contributed by atoms with Gasteiger partial charge in [0.15, 0.2) is 11.6 Å². The zero-order chi connectivity index (χ0) is 18.0. The molecule has 5 rings (SSSR count). The Balaban J connectivity index is 2.05. The Labute approximate surface area is 148 Å². The molecule has 0 spiro atoms. The summed E-state index contributed by atoms with van der Waals surface area (Å²) in [6.07, 6.45) is 0. The molecule has 0 amide bonds. The summed E-state index contributed by atoms with van der Waals surface area (Å²) in [5.41, 5.74) is 2.95. The minimum atomic E-state index is -0.270. The van der Waals surface area contributed by atoms with Gasteiger partial charge in [-0.2, -0.15) is 0 Å². The summed E-state index contributed by atoms with van der Waals surface area (Å²) in [5.74, 6) is -0.721. The largest absolute Gasteiger partial charge is 0.305 e. The molecule has 124 valence electrons. The quantitative estimate of drug-likeness (QED) is 0.433. The first-order chi connectivity index (χ1) is 12.6. The van der Waals surface area contributed by atoms with Gasteiger partial charge in [0.25, 0.3) is 0 Å². The second-order valence-corrected chi connectivity index (χ2v) is 6.47. The van der Waals surface area contributed by atoms with Crippen LogP contribution in [-0.4, -0.2) is 21.8 Å². The zero-order valence-corrected chi connectivity index (χ0v) is 13.9. The van der Waals surface area contributed by atoms with Crippen LogP contribution < -0.4 is 0 Å². The van der Waals surface area contributed by atoms with Gasteiger partial charge in [0.2, 0.25) is 5.78 Å². The van der Waals surface area contributed by atoms with Crippen molar-refractivity contribution < 1.29 is 14.4 Å². The van der Waals surface area contributed by atoms with E-state index in [4.69, 9.17) is 0 Å². The normalized spacial score (nSPS) is 13.1. The molecular weight excluding hydrogens is 326 g/mol. The molecule has 1 aliphatic rings. The fourth-order valence-electron chi connectivity index (χ4n) is 3.93. The zero-order valence-electron chi connectivity index (χ0n) is 13.9. The molecule has 0 bridgehead atoms. The average molecular weight is 339 g/mol. The number of hydrogen-bond acceptors (Lipinski definition) is 3. The molecule has 2 aromatic heterocycles. The van der Waals surface area contributed by atoms with Crippen LogP contribution in [0.2, 0.25) is 0 Å². The van der Waals surface area contributed by atoms with Crippen LogP contribution in [-0.2, 0) is 0 Å². The number of aromatic nitrogens is 1. The number of pyridine rings is 1. The number of benzene rings is 2. The Morgan fingerprint density at radius 3 is 2.15 bits per heavy atom. The van der Waals surface area contributed by atoms with Crippen molar-refractivity contribution in [2.45, 2.75) is 6.92 Å². The van der Waals surface area contributed by atoms with Crippen LogP contribution in [0.4, 0.5) is 0 Å². The van der Waals surface area contributed by atoms with Crippen molar-refractivity contribution >= 4 is 33.8 Å². The monoisotopic (exact) mass is 339 g/mol. The Kier molecular flexibility index (Phi) is 2.84. The van der Waals surface area contributed by atoms with Crippen LogP contribution in [0.25, 0.3) is 16.4 Å². The van der Waals surface area contributed by atoms with Crippen LogP contribution in [0, 0.1) is 0 Å². The number of nitrogens with zero attached hydrogens (tertiary/aromatic N) is 1. The first-order valence-corrected chi connectivity index (χ1v) is 8.35.